The second kappa shape index (κ2) is 7.95. The summed E-state index contributed by atoms with van der Waals surface area (Å²) in [5.74, 6) is 0.0280. The smallest absolute Gasteiger partial charge is 0.132 e. The van der Waals surface area contributed by atoms with Gasteiger partial charge in [0.15, 0.2) is 0 Å². The average molecular weight is 384 g/mol. The zero-order chi connectivity index (χ0) is 20.2. The molecule has 2 heterocycles. The van der Waals surface area contributed by atoms with Crippen LogP contribution >= 0.6 is 0 Å². The van der Waals surface area contributed by atoms with Gasteiger partial charge in [0.25, 0.3) is 0 Å². The number of halogens is 1. The number of hydrogen-bond acceptors (Lipinski definition) is 4. The predicted molar refractivity (Wildman–Crippen MR) is 107 cm³/mol. The Labute approximate surface area is 167 Å². The van der Waals surface area contributed by atoms with Crippen molar-refractivity contribution in [3.8, 4) is 34.5 Å². The number of nitrogens with zero attached hydrogens (tertiary/aromatic N) is 4. The van der Waals surface area contributed by atoms with Crippen molar-refractivity contribution in [1.82, 2.24) is 14.5 Å². The van der Waals surface area contributed by atoms with Crippen LogP contribution in [0.5, 0.6) is 5.75 Å². The van der Waals surface area contributed by atoms with Crippen molar-refractivity contribution in [1.29, 1.82) is 5.26 Å². The van der Waals surface area contributed by atoms with Crippen molar-refractivity contribution in [2.24, 2.45) is 7.05 Å². The number of pyridine rings is 1. The van der Waals surface area contributed by atoms with E-state index in [4.69, 9.17) is 4.74 Å². The maximum Gasteiger partial charge on any atom is 0.132 e. The van der Waals surface area contributed by atoms with Crippen molar-refractivity contribution in [3.05, 3.63) is 90.1 Å². The third kappa shape index (κ3) is 3.85. The molecule has 2 aromatic heterocycles. The lowest BCUT2D eigenvalue weighted by molar-refractivity contribution is 0.306. The van der Waals surface area contributed by atoms with Gasteiger partial charge in [-0.25, -0.2) is 9.37 Å². The number of imidazole rings is 1. The number of rotatable bonds is 5. The fourth-order valence-corrected chi connectivity index (χ4v) is 3.11. The molecule has 0 saturated heterocycles. The van der Waals surface area contributed by atoms with Gasteiger partial charge >= 0.3 is 0 Å². The summed E-state index contributed by atoms with van der Waals surface area (Å²) in [5.41, 5.74) is 4.07. The Kier molecular flexibility index (Phi) is 5.04. The highest BCUT2D eigenvalue weighted by Gasteiger charge is 2.19. The zero-order valence-electron chi connectivity index (χ0n) is 15.7. The normalized spacial score (nSPS) is 10.5. The van der Waals surface area contributed by atoms with E-state index >= 15 is 0 Å². The van der Waals surface area contributed by atoms with Gasteiger partial charge in [0.05, 0.1) is 29.3 Å². The lowest BCUT2D eigenvalue weighted by Gasteiger charge is -2.14. The van der Waals surface area contributed by atoms with Crippen LogP contribution in [-0.2, 0) is 13.7 Å². The average Bonchev–Trinajstić information content (AvgIpc) is 3.14. The van der Waals surface area contributed by atoms with E-state index in [0.29, 0.717) is 34.9 Å². The van der Waals surface area contributed by atoms with E-state index in [1.165, 1.54) is 12.1 Å². The molecule has 0 amide bonds. The van der Waals surface area contributed by atoms with Crippen molar-refractivity contribution in [2.75, 3.05) is 0 Å². The number of benzene rings is 2. The highest BCUT2D eigenvalue weighted by molar-refractivity contribution is 5.80. The fraction of sp³-hybridized carbons (Fsp3) is 0.0870. The van der Waals surface area contributed by atoms with Gasteiger partial charge in [0.1, 0.15) is 23.9 Å². The van der Waals surface area contributed by atoms with E-state index in [-0.39, 0.29) is 5.82 Å². The van der Waals surface area contributed by atoms with Gasteiger partial charge in [0.2, 0.25) is 0 Å². The van der Waals surface area contributed by atoms with Crippen molar-refractivity contribution >= 4 is 0 Å². The zero-order valence-corrected chi connectivity index (χ0v) is 15.7. The molecule has 0 aliphatic rings. The van der Waals surface area contributed by atoms with Gasteiger partial charge in [-0.3, -0.25) is 4.98 Å². The second-order valence-electron chi connectivity index (χ2n) is 6.51. The Hall–Kier alpha value is -3.98. The minimum atomic E-state index is -0.384. The number of nitriles is 1. The molecule has 4 rings (SSSR count). The predicted octanol–water partition coefficient (Wildman–Crippen LogP) is 4.74. The Balaban J connectivity index is 1.77. The SMILES string of the molecule is Cn1cnc(-c2cc(C#N)ccn2)c1-c1ccc(F)cc1OCc1ccccc1. The first-order valence-electron chi connectivity index (χ1n) is 9.00. The van der Waals surface area contributed by atoms with Crippen LogP contribution in [-0.4, -0.2) is 14.5 Å². The molecule has 29 heavy (non-hydrogen) atoms. The van der Waals surface area contributed by atoms with Crippen LogP contribution in [0.25, 0.3) is 22.6 Å². The molecule has 6 heteroatoms. The van der Waals surface area contributed by atoms with E-state index < -0.39 is 0 Å². The number of ether oxygens (including phenoxy) is 1. The highest BCUT2D eigenvalue weighted by atomic mass is 19.1. The maximum atomic E-state index is 14.0. The molecule has 0 N–H and O–H groups in total. The molecule has 0 unspecified atom stereocenters. The molecular formula is C23H17FN4O. The first-order chi connectivity index (χ1) is 14.2. The van der Waals surface area contributed by atoms with Gasteiger partial charge < -0.3 is 9.30 Å². The molecule has 4 aromatic rings. The van der Waals surface area contributed by atoms with E-state index in [1.807, 2.05) is 41.9 Å². The molecule has 0 radical (unpaired) electrons. The van der Waals surface area contributed by atoms with Gasteiger partial charge in [0, 0.05) is 24.9 Å². The third-order valence-electron chi connectivity index (χ3n) is 4.50. The molecular weight excluding hydrogens is 367 g/mol. The Morgan fingerprint density at radius 3 is 2.69 bits per heavy atom. The molecule has 2 aromatic carbocycles. The monoisotopic (exact) mass is 384 g/mol. The van der Waals surface area contributed by atoms with Crippen LogP contribution in [0, 0.1) is 17.1 Å². The third-order valence-corrected chi connectivity index (χ3v) is 4.50. The Morgan fingerprint density at radius 1 is 1.07 bits per heavy atom. The molecule has 0 saturated carbocycles. The molecule has 0 fully saturated rings. The minimum absolute atomic E-state index is 0.312. The summed E-state index contributed by atoms with van der Waals surface area (Å²) in [5, 5.41) is 9.19. The summed E-state index contributed by atoms with van der Waals surface area (Å²) in [6.45, 7) is 0.312. The van der Waals surface area contributed by atoms with E-state index in [0.717, 1.165) is 11.3 Å². The van der Waals surface area contributed by atoms with Crippen LogP contribution in [0.1, 0.15) is 11.1 Å². The summed E-state index contributed by atoms with van der Waals surface area (Å²) < 4.78 is 21.8. The van der Waals surface area contributed by atoms with Crippen LogP contribution in [0.4, 0.5) is 4.39 Å². The summed E-state index contributed by atoms with van der Waals surface area (Å²) in [4.78, 5) is 8.82. The van der Waals surface area contributed by atoms with Gasteiger partial charge in [-0.2, -0.15) is 5.26 Å². The minimum Gasteiger partial charge on any atom is -0.488 e. The lowest BCUT2D eigenvalue weighted by atomic mass is 10.1. The van der Waals surface area contributed by atoms with E-state index in [1.54, 1.807) is 30.7 Å². The van der Waals surface area contributed by atoms with E-state index in [2.05, 4.69) is 16.0 Å². The summed E-state index contributed by atoms with van der Waals surface area (Å²) >= 11 is 0. The van der Waals surface area contributed by atoms with Gasteiger partial charge in [-0.05, 0) is 29.8 Å². The largest absolute Gasteiger partial charge is 0.488 e. The van der Waals surface area contributed by atoms with E-state index in [9.17, 15) is 9.65 Å². The molecule has 0 spiro atoms. The first kappa shape index (κ1) is 18.4. The van der Waals surface area contributed by atoms with Crippen LogP contribution in [0.3, 0.4) is 0 Å². The maximum absolute atomic E-state index is 14.0. The lowest BCUT2D eigenvalue weighted by Crippen LogP contribution is -2.00. The Morgan fingerprint density at radius 2 is 1.90 bits per heavy atom. The standard InChI is InChI=1S/C23H17FN4O/c1-28-15-27-22(20-11-17(13-25)9-10-26-20)23(28)19-8-7-18(24)12-21(19)29-14-16-5-3-2-4-6-16/h2-12,15H,14H2,1H3. The molecule has 5 nitrogen and oxygen atoms in total. The Bertz CT molecular complexity index is 1200. The number of aromatic nitrogens is 3. The van der Waals surface area contributed by atoms with Crippen molar-refractivity contribution in [2.45, 2.75) is 6.61 Å². The number of aryl methyl sites for hydroxylation is 1. The van der Waals surface area contributed by atoms with Gasteiger partial charge in [-0.15, -0.1) is 0 Å². The highest BCUT2D eigenvalue weighted by Crippen LogP contribution is 2.36. The first-order valence-corrected chi connectivity index (χ1v) is 9.00. The van der Waals surface area contributed by atoms with Crippen LogP contribution in [0.2, 0.25) is 0 Å². The molecule has 142 valence electrons. The van der Waals surface area contributed by atoms with Crippen molar-refractivity contribution in [3.63, 3.8) is 0 Å². The quantitative estimate of drug-likeness (QED) is 0.499. The summed E-state index contributed by atoms with van der Waals surface area (Å²) in [6, 6.07) is 19.5. The topological polar surface area (TPSA) is 63.7 Å². The molecule has 0 atom stereocenters. The van der Waals surface area contributed by atoms with Crippen LogP contribution in [0.15, 0.2) is 73.2 Å². The van der Waals surface area contributed by atoms with Crippen LogP contribution < -0.4 is 4.74 Å². The number of hydrogen-bond donors (Lipinski definition) is 0. The van der Waals surface area contributed by atoms with Crippen molar-refractivity contribution < 1.29 is 9.13 Å². The summed E-state index contributed by atoms with van der Waals surface area (Å²) in [7, 11) is 1.85. The summed E-state index contributed by atoms with van der Waals surface area (Å²) in [6.07, 6.45) is 3.24. The molecule has 0 bridgehead atoms. The molecule has 0 aliphatic carbocycles. The fourth-order valence-electron chi connectivity index (χ4n) is 3.11. The second-order valence-corrected chi connectivity index (χ2v) is 6.51. The molecule has 0 aliphatic heterocycles. The van der Waals surface area contributed by atoms with Gasteiger partial charge in [-0.1, -0.05) is 30.3 Å².